The summed E-state index contributed by atoms with van der Waals surface area (Å²) in [7, 11) is 0. The molecule has 0 amide bonds. The molecule has 2 aromatic heterocycles. The molecular formula is C28H20N4OS. The lowest BCUT2D eigenvalue weighted by Gasteiger charge is -2.05. The molecule has 0 atom stereocenters. The lowest BCUT2D eigenvalue weighted by molar-refractivity contribution is 0.105. The van der Waals surface area contributed by atoms with Gasteiger partial charge in [-0.2, -0.15) is 10.4 Å². The second-order valence-electron chi connectivity index (χ2n) is 7.71. The van der Waals surface area contributed by atoms with Crippen LogP contribution in [0.5, 0.6) is 0 Å². The Morgan fingerprint density at radius 2 is 1.68 bits per heavy atom. The number of fused-ring (bicyclic) bond motifs is 1. The number of aryl methyl sites for hydroxylation is 1. The summed E-state index contributed by atoms with van der Waals surface area (Å²) in [6.07, 6.45) is 4.13. The van der Waals surface area contributed by atoms with Crippen LogP contribution < -0.4 is 0 Å². The first-order chi connectivity index (χ1) is 16.7. The van der Waals surface area contributed by atoms with E-state index in [4.69, 9.17) is 15.3 Å². The minimum Gasteiger partial charge on any atom is -0.288 e. The van der Waals surface area contributed by atoms with Crippen LogP contribution in [0.2, 0.25) is 0 Å². The van der Waals surface area contributed by atoms with Crippen LogP contribution in [0.15, 0.2) is 91.1 Å². The largest absolute Gasteiger partial charge is 0.288 e. The lowest BCUT2D eigenvalue weighted by Crippen LogP contribution is -2.02. The summed E-state index contributed by atoms with van der Waals surface area (Å²) in [5.74, 6) is -0.0940. The predicted molar refractivity (Wildman–Crippen MR) is 136 cm³/mol. The van der Waals surface area contributed by atoms with Crippen LogP contribution in [0.4, 0.5) is 0 Å². The predicted octanol–water partition coefficient (Wildman–Crippen LogP) is 6.50. The monoisotopic (exact) mass is 460 g/mol. The maximum Gasteiger partial charge on any atom is 0.196 e. The van der Waals surface area contributed by atoms with Crippen molar-refractivity contribution in [3.05, 3.63) is 107 Å². The van der Waals surface area contributed by atoms with Gasteiger partial charge in [0.1, 0.15) is 5.01 Å². The average molecular weight is 461 g/mol. The Kier molecular flexibility index (Phi) is 6.11. The highest BCUT2D eigenvalue weighted by Crippen LogP contribution is 2.33. The first kappa shape index (κ1) is 21.5. The summed E-state index contributed by atoms with van der Waals surface area (Å²) >= 11 is 1.50. The normalized spacial score (nSPS) is 11.4. The Hall–Kier alpha value is -4.34. The number of nitrogens with zero attached hydrogens (tertiary/aromatic N) is 4. The summed E-state index contributed by atoms with van der Waals surface area (Å²) in [5, 5.41) is 14.4. The molecule has 0 radical (unpaired) electrons. The number of benzene rings is 3. The number of carbonyl (C=O) groups excluding carboxylic acids is 1. The number of hydrogen-bond donors (Lipinski definition) is 0. The van der Waals surface area contributed by atoms with Crippen LogP contribution >= 0.6 is 11.3 Å². The Morgan fingerprint density at radius 1 is 0.971 bits per heavy atom. The van der Waals surface area contributed by atoms with Gasteiger partial charge in [-0.15, -0.1) is 11.3 Å². The third-order valence-corrected chi connectivity index (χ3v) is 6.46. The molecular weight excluding hydrogens is 440 g/mol. The standard InChI is InChI=1S/C28H20N4OS/c29-16-9-17-32-19-22(26(31-32)20-10-3-1-4-11-20)18-23(27(33)21-12-5-2-6-13-21)28-30-24-14-7-8-15-25(24)34-28/h1-8,10-15,18-19H,9,17H2. The maximum atomic E-state index is 13.7. The van der Waals surface area contributed by atoms with E-state index in [1.54, 1.807) is 4.68 Å². The van der Waals surface area contributed by atoms with Gasteiger partial charge >= 0.3 is 0 Å². The number of hydrogen-bond acceptors (Lipinski definition) is 5. The van der Waals surface area contributed by atoms with Crippen molar-refractivity contribution >= 4 is 39.0 Å². The zero-order valence-corrected chi connectivity index (χ0v) is 19.1. The molecule has 0 spiro atoms. The van der Waals surface area contributed by atoms with E-state index in [9.17, 15) is 4.79 Å². The fourth-order valence-corrected chi connectivity index (χ4v) is 4.73. The minimum absolute atomic E-state index is 0.0940. The molecule has 6 heteroatoms. The van der Waals surface area contributed by atoms with Gasteiger partial charge in [0.25, 0.3) is 0 Å². The van der Waals surface area contributed by atoms with Gasteiger partial charge in [-0.05, 0) is 18.2 Å². The molecule has 3 aromatic carbocycles. The second kappa shape index (κ2) is 9.65. The van der Waals surface area contributed by atoms with Crippen LogP contribution in [0.25, 0.3) is 33.1 Å². The molecule has 0 N–H and O–H groups in total. The average Bonchev–Trinajstić information content (AvgIpc) is 3.50. The number of thiazole rings is 1. The van der Waals surface area contributed by atoms with Crippen molar-refractivity contribution in [2.75, 3.05) is 0 Å². The molecule has 2 heterocycles. The highest BCUT2D eigenvalue weighted by molar-refractivity contribution is 7.20. The molecule has 0 aliphatic rings. The number of nitriles is 1. The Balaban J connectivity index is 1.69. The summed E-state index contributed by atoms with van der Waals surface area (Å²) in [5.41, 5.74) is 4.50. The zero-order valence-electron chi connectivity index (χ0n) is 18.3. The van der Waals surface area contributed by atoms with E-state index >= 15 is 0 Å². The molecule has 0 bridgehead atoms. The van der Waals surface area contributed by atoms with Gasteiger partial charge in [0.05, 0.1) is 40.5 Å². The summed E-state index contributed by atoms with van der Waals surface area (Å²) in [6.45, 7) is 0.479. The molecule has 5 aromatic rings. The molecule has 0 saturated heterocycles. The fraction of sp³-hybridized carbons (Fsp3) is 0.0714. The number of ketones is 1. The van der Waals surface area contributed by atoms with Crippen molar-refractivity contribution in [1.29, 1.82) is 5.26 Å². The van der Waals surface area contributed by atoms with E-state index in [0.29, 0.717) is 29.1 Å². The van der Waals surface area contributed by atoms with Gasteiger partial charge in [-0.1, -0.05) is 72.8 Å². The zero-order chi connectivity index (χ0) is 23.3. The summed E-state index contributed by atoms with van der Waals surface area (Å²) < 4.78 is 2.79. The molecule has 164 valence electrons. The van der Waals surface area contributed by atoms with Crippen LogP contribution in [0, 0.1) is 11.3 Å². The Morgan fingerprint density at radius 3 is 2.41 bits per heavy atom. The molecule has 34 heavy (non-hydrogen) atoms. The third kappa shape index (κ3) is 4.42. The Labute approximate surface area is 201 Å². The summed E-state index contributed by atoms with van der Waals surface area (Å²) in [6, 6.07) is 29.2. The van der Waals surface area contributed by atoms with Gasteiger partial charge in [0, 0.05) is 22.9 Å². The van der Waals surface area contributed by atoms with E-state index in [1.807, 2.05) is 97.2 Å². The van der Waals surface area contributed by atoms with E-state index in [2.05, 4.69) is 6.07 Å². The van der Waals surface area contributed by atoms with E-state index in [0.717, 1.165) is 27.0 Å². The number of para-hydroxylation sites is 1. The van der Waals surface area contributed by atoms with Crippen LogP contribution in [-0.2, 0) is 6.54 Å². The van der Waals surface area contributed by atoms with Gasteiger partial charge in [-0.3, -0.25) is 9.48 Å². The van der Waals surface area contributed by atoms with Crippen LogP contribution in [0.3, 0.4) is 0 Å². The maximum absolute atomic E-state index is 13.7. The van der Waals surface area contributed by atoms with Gasteiger partial charge in [0.2, 0.25) is 0 Å². The molecule has 0 aliphatic carbocycles. The van der Waals surface area contributed by atoms with Crippen molar-refractivity contribution < 1.29 is 4.79 Å². The molecule has 0 fully saturated rings. The smallest absolute Gasteiger partial charge is 0.196 e. The molecule has 0 aliphatic heterocycles. The number of carbonyl (C=O) groups is 1. The molecule has 5 rings (SSSR count). The number of rotatable bonds is 7. The minimum atomic E-state index is -0.0940. The molecule has 0 unspecified atom stereocenters. The van der Waals surface area contributed by atoms with E-state index in [1.165, 1.54) is 11.3 Å². The number of Topliss-reactive ketones (excluding diaryl/α,β-unsaturated/α-hetero) is 1. The topological polar surface area (TPSA) is 71.6 Å². The number of allylic oxidation sites excluding steroid dienone is 1. The van der Waals surface area contributed by atoms with Crippen LogP contribution in [0.1, 0.15) is 27.3 Å². The highest BCUT2D eigenvalue weighted by Gasteiger charge is 2.20. The van der Waals surface area contributed by atoms with Crippen molar-refractivity contribution in [2.24, 2.45) is 0 Å². The second-order valence-corrected chi connectivity index (χ2v) is 8.74. The third-order valence-electron chi connectivity index (χ3n) is 5.39. The summed E-state index contributed by atoms with van der Waals surface area (Å²) in [4.78, 5) is 18.5. The van der Waals surface area contributed by atoms with Gasteiger partial charge in [0.15, 0.2) is 5.78 Å². The Bertz CT molecular complexity index is 1490. The lowest BCUT2D eigenvalue weighted by atomic mass is 10.00. The fourth-order valence-electron chi connectivity index (χ4n) is 3.75. The van der Waals surface area contributed by atoms with E-state index in [-0.39, 0.29) is 5.78 Å². The quantitative estimate of drug-likeness (QED) is 0.205. The van der Waals surface area contributed by atoms with Gasteiger partial charge in [-0.25, -0.2) is 4.98 Å². The molecule has 5 nitrogen and oxygen atoms in total. The SMILES string of the molecule is N#CCCn1cc(C=C(C(=O)c2ccccc2)c2nc3ccccc3s2)c(-c2ccccc2)n1. The highest BCUT2D eigenvalue weighted by atomic mass is 32.1. The first-order valence-corrected chi connectivity index (χ1v) is 11.7. The van der Waals surface area contributed by atoms with Crippen molar-refractivity contribution in [3.63, 3.8) is 0 Å². The molecule has 0 saturated carbocycles. The van der Waals surface area contributed by atoms with Crippen molar-refractivity contribution in [2.45, 2.75) is 13.0 Å². The first-order valence-electron chi connectivity index (χ1n) is 10.9. The van der Waals surface area contributed by atoms with Gasteiger partial charge < -0.3 is 0 Å². The van der Waals surface area contributed by atoms with E-state index < -0.39 is 0 Å². The van der Waals surface area contributed by atoms with Crippen molar-refractivity contribution in [1.82, 2.24) is 14.8 Å². The van der Waals surface area contributed by atoms with Crippen LogP contribution in [-0.4, -0.2) is 20.5 Å². The number of aromatic nitrogens is 3. The van der Waals surface area contributed by atoms with Crippen molar-refractivity contribution in [3.8, 4) is 17.3 Å².